The highest BCUT2D eigenvalue weighted by Gasteiger charge is 2.07. The van der Waals surface area contributed by atoms with Crippen molar-refractivity contribution >= 4 is 11.6 Å². The van der Waals surface area contributed by atoms with E-state index in [2.05, 4.69) is 15.0 Å². The van der Waals surface area contributed by atoms with Crippen LogP contribution in [0.1, 0.15) is 10.4 Å². The third kappa shape index (κ3) is 2.19. The van der Waals surface area contributed by atoms with Gasteiger partial charge in [-0.1, -0.05) is 5.16 Å². The van der Waals surface area contributed by atoms with Gasteiger partial charge in [0.15, 0.2) is 0 Å². The van der Waals surface area contributed by atoms with Crippen LogP contribution in [-0.2, 0) is 0 Å². The van der Waals surface area contributed by atoms with Gasteiger partial charge in [0.05, 0.1) is 11.8 Å². The van der Waals surface area contributed by atoms with Crippen molar-refractivity contribution in [1.82, 2.24) is 5.16 Å². The Balaban J connectivity index is 2.09. The molecule has 0 spiro atoms. The molecule has 15 heavy (non-hydrogen) atoms. The zero-order chi connectivity index (χ0) is 10.7. The number of hydrogen-bond acceptors (Lipinski definition) is 3. The molecule has 0 unspecified atom stereocenters. The maximum atomic E-state index is 12.6. The van der Waals surface area contributed by atoms with Gasteiger partial charge in [0.25, 0.3) is 5.91 Å². The first-order valence-electron chi connectivity index (χ1n) is 4.22. The fraction of sp³-hybridized carbons (Fsp3) is 0. The van der Waals surface area contributed by atoms with Crippen molar-refractivity contribution in [3.8, 4) is 0 Å². The predicted octanol–water partition coefficient (Wildman–Crippen LogP) is 2.07. The van der Waals surface area contributed by atoms with E-state index >= 15 is 0 Å². The minimum absolute atomic E-state index is 0.319. The van der Waals surface area contributed by atoms with E-state index in [0.717, 1.165) is 0 Å². The molecule has 0 saturated carbocycles. The lowest BCUT2D eigenvalue weighted by molar-refractivity contribution is 0.102. The van der Waals surface area contributed by atoms with Crippen LogP contribution in [0.3, 0.4) is 0 Å². The maximum absolute atomic E-state index is 12.6. The molecule has 0 aliphatic rings. The molecule has 5 heteroatoms. The molecule has 0 fully saturated rings. The standard InChI is InChI=1S/C10H7FN2O2/c11-8-1-3-9(4-2-8)13-10(14)7-5-12-15-6-7/h1-6H,(H,13,14). The third-order valence-corrected chi connectivity index (χ3v) is 1.80. The van der Waals surface area contributed by atoms with Crippen LogP contribution >= 0.6 is 0 Å². The van der Waals surface area contributed by atoms with Crippen molar-refractivity contribution in [3.05, 3.63) is 48.1 Å². The molecular formula is C10H7FN2O2. The Bertz CT molecular complexity index is 451. The minimum Gasteiger partial charge on any atom is -0.364 e. The Kier molecular flexibility index (Phi) is 2.45. The normalized spacial score (nSPS) is 9.93. The van der Waals surface area contributed by atoms with E-state index in [1.165, 1.54) is 36.7 Å². The fourth-order valence-corrected chi connectivity index (χ4v) is 1.05. The molecule has 76 valence electrons. The lowest BCUT2D eigenvalue weighted by atomic mass is 10.3. The molecule has 1 N–H and O–H groups in total. The molecule has 1 heterocycles. The number of nitrogens with one attached hydrogen (secondary N) is 1. The number of benzene rings is 1. The molecule has 4 nitrogen and oxygen atoms in total. The van der Waals surface area contributed by atoms with Gasteiger partial charge in [-0.25, -0.2) is 4.39 Å². The second-order valence-corrected chi connectivity index (χ2v) is 2.87. The molecule has 2 rings (SSSR count). The second kappa shape index (κ2) is 3.91. The molecule has 0 aliphatic heterocycles. The molecule has 1 aromatic carbocycles. The molecule has 0 aliphatic carbocycles. The van der Waals surface area contributed by atoms with Crippen molar-refractivity contribution in [2.75, 3.05) is 5.32 Å². The van der Waals surface area contributed by atoms with E-state index in [-0.39, 0.29) is 11.7 Å². The van der Waals surface area contributed by atoms with Crippen LogP contribution in [0.4, 0.5) is 10.1 Å². The van der Waals surface area contributed by atoms with E-state index in [4.69, 9.17) is 0 Å². The number of nitrogens with zero attached hydrogens (tertiary/aromatic N) is 1. The van der Waals surface area contributed by atoms with E-state index in [1.54, 1.807) is 0 Å². The Morgan fingerprint density at radius 3 is 2.67 bits per heavy atom. The largest absolute Gasteiger partial charge is 0.364 e. The lowest BCUT2D eigenvalue weighted by Gasteiger charge is -2.01. The Morgan fingerprint density at radius 2 is 2.07 bits per heavy atom. The Hall–Kier alpha value is -2.17. The zero-order valence-electron chi connectivity index (χ0n) is 7.61. The molecule has 1 aromatic heterocycles. The van der Waals surface area contributed by atoms with Gasteiger partial charge in [-0.05, 0) is 24.3 Å². The van der Waals surface area contributed by atoms with Crippen LogP contribution < -0.4 is 5.32 Å². The van der Waals surface area contributed by atoms with E-state index in [1.807, 2.05) is 0 Å². The average Bonchev–Trinajstić information content (AvgIpc) is 2.74. The number of amides is 1. The maximum Gasteiger partial charge on any atom is 0.260 e. The van der Waals surface area contributed by atoms with Crippen LogP contribution in [0.25, 0.3) is 0 Å². The number of rotatable bonds is 2. The monoisotopic (exact) mass is 206 g/mol. The number of aromatic nitrogens is 1. The van der Waals surface area contributed by atoms with Crippen LogP contribution in [-0.4, -0.2) is 11.1 Å². The highest BCUT2D eigenvalue weighted by atomic mass is 19.1. The lowest BCUT2D eigenvalue weighted by Crippen LogP contribution is -2.10. The summed E-state index contributed by atoms with van der Waals surface area (Å²) in [4.78, 5) is 11.5. The van der Waals surface area contributed by atoms with Gasteiger partial charge in [0.1, 0.15) is 12.1 Å². The highest BCUT2D eigenvalue weighted by molar-refractivity contribution is 6.03. The molecular weight excluding hydrogens is 199 g/mol. The highest BCUT2D eigenvalue weighted by Crippen LogP contribution is 2.09. The van der Waals surface area contributed by atoms with Crippen molar-refractivity contribution < 1.29 is 13.7 Å². The first-order chi connectivity index (χ1) is 7.25. The van der Waals surface area contributed by atoms with Gasteiger partial charge in [-0.2, -0.15) is 0 Å². The van der Waals surface area contributed by atoms with Gasteiger partial charge in [0.2, 0.25) is 0 Å². The number of anilines is 1. The summed E-state index contributed by atoms with van der Waals surface area (Å²) in [6.45, 7) is 0. The molecule has 0 radical (unpaired) electrons. The summed E-state index contributed by atoms with van der Waals surface area (Å²) in [6, 6.07) is 5.48. The van der Waals surface area contributed by atoms with Crippen molar-refractivity contribution in [1.29, 1.82) is 0 Å². The van der Waals surface area contributed by atoms with Crippen molar-refractivity contribution in [2.24, 2.45) is 0 Å². The van der Waals surface area contributed by atoms with Gasteiger partial charge < -0.3 is 9.84 Å². The van der Waals surface area contributed by atoms with Crippen molar-refractivity contribution in [2.45, 2.75) is 0 Å². The number of halogens is 1. The summed E-state index contributed by atoms with van der Waals surface area (Å²) in [7, 11) is 0. The summed E-state index contributed by atoms with van der Waals surface area (Å²) in [6.07, 6.45) is 2.54. The number of hydrogen-bond donors (Lipinski definition) is 1. The second-order valence-electron chi connectivity index (χ2n) is 2.87. The fourth-order valence-electron chi connectivity index (χ4n) is 1.05. The molecule has 0 saturated heterocycles. The molecule has 1 amide bonds. The number of carbonyl (C=O) groups is 1. The minimum atomic E-state index is -0.349. The Labute approximate surface area is 84.7 Å². The molecule has 2 aromatic rings. The van der Waals surface area contributed by atoms with E-state index in [9.17, 15) is 9.18 Å². The van der Waals surface area contributed by atoms with Gasteiger partial charge in [-0.3, -0.25) is 4.79 Å². The van der Waals surface area contributed by atoms with Crippen molar-refractivity contribution in [3.63, 3.8) is 0 Å². The molecule has 0 bridgehead atoms. The number of carbonyl (C=O) groups excluding carboxylic acids is 1. The zero-order valence-corrected chi connectivity index (χ0v) is 7.61. The summed E-state index contributed by atoms with van der Waals surface area (Å²) in [5.74, 6) is -0.694. The summed E-state index contributed by atoms with van der Waals surface area (Å²) >= 11 is 0. The Morgan fingerprint density at radius 1 is 1.33 bits per heavy atom. The van der Waals surface area contributed by atoms with Crippen LogP contribution in [0.2, 0.25) is 0 Å². The van der Waals surface area contributed by atoms with Gasteiger partial charge in [0, 0.05) is 5.69 Å². The predicted molar refractivity (Wildman–Crippen MR) is 50.9 cm³/mol. The summed E-state index contributed by atoms with van der Waals surface area (Å²) < 4.78 is 17.1. The van der Waals surface area contributed by atoms with Gasteiger partial charge >= 0.3 is 0 Å². The average molecular weight is 206 g/mol. The van der Waals surface area contributed by atoms with Gasteiger partial charge in [-0.15, -0.1) is 0 Å². The quantitative estimate of drug-likeness (QED) is 0.818. The first-order valence-corrected chi connectivity index (χ1v) is 4.22. The van der Waals surface area contributed by atoms with Crippen LogP contribution in [0.15, 0.2) is 41.2 Å². The van der Waals surface area contributed by atoms with Crippen LogP contribution in [0, 0.1) is 5.82 Å². The topological polar surface area (TPSA) is 55.1 Å². The first kappa shape index (κ1) is 9.39. The smallest absolute Gasteiger partial charge is 0.260 e. The SMILES string of the molecule is O=C(Nc1ccc(F)cc1)c1cnoc1. The molecule has 0 atom stereocenters. The van der Waals surface area contributed by atoms with E-state index in [0.29, 0.717) is 11.3 Å². The van der Waals surface area contributed by atoms with Crippen LogP contribution in [0.5, 0.6) is 0 Å². The summed E-state index contributed by atoms with van der Waals surface area (Å²) in [5.41, 5.74) is 0.835. The van der Waals surface area contributed by atoms with E-state index < -0.39 is 0 Å². The summed E-state index contributed by atoms with van der Waals surface area (Å²) in [5, 5.41) is 5.97. The third-order valence-electron chi connectivity index (χ3n) is 1.80.